The van der Waals surface area contributed by atoms with Crippen molar-refractivity contribution >= 4 is 29.2 Å². The van der Waals surface area contributed by atoms with Crippen molar-refractivity contribution in [1.29, 1.82) is 0 Å². The van der Waals surface area contributed by atoms with Crippen molar-refractivity contribution in [3.8, 4) is 0 Å². The number of imide groups is 1. The van der Waals surface area contributed by atoms with Crippen LogP contribution in [0.3, 0.4) is 0 Å². The number of aldehydes is 1. The molecule has 0 aromatic rings. The fourth-order valence-corrected chi connectivity index (χ4v) is 1.85. The van der Waals surface area contributed by atoms with Crippen LogP contribution in [-0.2, 0) is 9.59 Å². The van der Waals surface area contributed by atoms with Gasteiger partial charge in [-0.3, -0.25) is 14.5 Å². The van der Waals surface area contributed by atoms with Crippen LogP contribution < -0.4 is 0 Å². The Morgan fingerprint density at radius 3 is 2.71 bits per heavy atom. The van der Waals surface area contributed by atoms with Gasteiger partial charge in [0.25, 0.3) is 5.24 Å². The second kappa shape index (κ2) is 5.11. The summed E-state index contributed by atoms with van der Waals surface area (Å²) in [5, 5.41) is 8.44. The first-order valence-electron chi connectivity index (χ1n) is 4.22. The molecular formula is C8H11NO4S. The van der Waals surface area contributed by atoms with Gasteiger partial charge in [-0.05, 0) is 6.42 Å². The van der Waals surface area contributed by atoms with Gasteiger partial charge in [0.2, 0.25) is 5.91 Å². The van der Waals surface area contributed by atoms with E-state index in [1.54, 1.807) is 0 Å². The molecule has 1 atom stereocenters. The van der Waals surface area contributed by atoms with Crippen LogP contribution in [0.4, 0.5) is 4.79 Å². The van der Waals surface area contributed by atoms with E-state index in [9.17, 15) is 14.4 Å². The smallest absolute Gasteiger partial charge is 0.288 e. The van der Waals surface area contributed by atoms with Crippen LogP contribution in [-0.4, -0.2) is 46.3 Å². The molecule has 0 saturated carbocycles. The number of hydrogen-bond donors (Lipinski definition) is 1. The summed E-state index contributed by atoms with van der Waals surface area (Å²) in [6, 6.07) is 0. The van der Waals surface area contributed by atoms with Gasteiger partial charge in [-0.25, -0.2) is 0 Å². The average molecular weight is 217 g/mol. The Kier molecular flexibility index (Phi) is 4.09. The number of aliphatic hydroxyl groups is 1. The summed E-state index contributed by atoms with van der Waals surface area (Å²) in [5.41, 5.74) is 0. The van der Waals surface area contributed by atoms with Crippen LogP contribution >= 0.6 is 11.8 Å². The third kappa shape index (κ3) is 2.55. The Hall–Kier alpha value is -0.880. The minimum absolute atomic E-state index is 0.184. The number of hydrogen-bond acceptors (Lipinski definition) is 5. The topological polar surface area (TPSA) is 74.7 Å². The molecule has 78 valence electrons. The van der Waals surface area contributed by atoms with E-state index in [2.05, 4.69) is 0 Å². The van der Waals surface area contributed by atoms with Gasteiger partial charge in [-0.15, -0.1) is 0 Å². The molecule has 0 bridgehead atoms. The molecule has 0 spiro atoms. The standard InChI is InChI=1S/C8H11NO4S/c10-3-6(4-11)1-2-9-7(12)5-14-8(9)13/h3,6,11H,1-2,4-5H2. The number of nitrogens with zero attached hydrogens (tertiary/aromatic N) is 1. The second-order valence-electron chi connectivity index (χ2n) is 2.97. The maximum atomic E-state index is 11.1. The fourth-order valence-electron chi connectivity index (χ4n) is 1.09. The van der Waals surface area contributed by atoms with Gasteiger partial charge in [0.05, 0.1) is 12.4 Å². The van der Waals surface area contributed by atoms with E-state index in [1.165, 1.54) is 0 Å². The average Bonchev–Trinajstić information content (AvgIpc) is 2.50. The van der Waals surface area contributed by atoms with Crippen LogP contribution in [0, 0.1) is 5.92 Å². The third-order valence-corrected chi connectivity index (χ3v) is 2.85. The van der Waals surface area contributed by atoms with E-state index in [1.807, 2.05) is 0 Å². The van der Waals surface area contributed by atoms with Crippen molar-refractivity contribution in [1.82, 2.24) is 4.90 Å². The van der Waals surface area contributed by atoms with Gasteiger partial charge >= 0.3 is 0 Å². The first kappa shape index (κ1) is 11.2. The first-order valence-corrected chi connectivity index (χ1v) is 5.21. The zero-order valence-corrected chi connectivity index (χ0v) is 8.33. The van der Waals surface area contributed by atoms with Gasteiger partial charge in [-0.1, -0.05) is 11.8 Å². The van der Waals surface area contributed by atoms with E-state index < -0.39 is 5.92 Å². The van der Waals surface area contributed by atoms with Crippen LogP contribution in [0.1, 0.15) is 6.42 Å². The van der Waals surface area contributed by atoms with Crippen molar-refractivity contribution in [2.45, 2.75) is 6.42 Å². The Balaban J connectivity index is 2.40. The predicted octanol–water partition coefficient (Wildman–Crippen LogP) is -0.121. The van der Waals surface area contributed by atoms with Crippen molar-refractivity contribution < 1.29 is 19.5 Å². The number of carbonyl (C=O) groups is 3. The number of carbonyl (C=O) groups excluding carboxylic acids is 3. The molecule has 5 nitrogen and oxygen atoms in total. The largest absolute Gasteiger partial charge is 0.396 e. The van der Waals surface area contributed by atoms with E-state index >= 15 is 0 Å². The molecular weight excluding hydrogens is 206 g/mol. The van der Waals surface area contributed by atoms with Gasteiger partial charge < -0.3 is 9.90 Å². The molecule has 0 aromatic carbocycles. The number of rotatable bonds is 5. The second-order valence-corrected chi connectivity index (χ2v) is 3.89. The number of amides is 2. The lowest BCUT2D eigenvalue weighted by Gasteiger charge is -2.14. The van der Waals surface area contributed by atoms with Gasteiger partial charge in [0, 0.05) is 12.5 Å². The molecule has 1 rings (SSSR count). The van der Waals surface area contributed by atoms with Crippen molar-refractivity contribution in [2.75, 3.05) is 18.9 Å². The van der Waals surface area contributed by atoms with E-state index in [0.717, 1.165) is 16.7 Å². The molecule has 1 fully saturated rings. The van der Waals surface area contributed by atoms with Crippen LogP contribution in [0.25, 0.3) is 0 Å². The molecule has 1 unspecified atom stereocenters. The van der Waals surface area contributed by atoms with Gasteiger partial charge in [0.1, 0.15) is 6.29 Å². The molecule has 6 heteroatoms. The maximum Gasteiger partial charge on any atom is 0.288 e. The van der Waals surface area contributed by atoms with Crippen LogP contribution in [0.2, 0.25) is 0 Å². The number of aliphatic hydroxyl groups excluding tert-OH is 1. The molecule has 1 aliphatic heterocycles. The molecule has 0 aromatic heterocycles. The molecule has 0 aliphatic carbocycles. The fraction of sp³-hybridized carbons (Fsp3) is 0.625. The highest BCUT2D eigenvalue weighted by Gasteiger charge is 2.29. The highest BCUT2D eigenvalue weighted by molar-refractivity contribution is 8.14. The zero-order chi connectivity index (χ0) is 10.6. The monoisotopic (exact) mass is 217 g/mol. The van der Waals surface area contributed by atoms with Crippen LogP contribution in [0.15, 0.2) is 0 Å². The summed E-state index contributed by atoms with van der Waals surface area (Å²) in [7, 11) is 0. The van der Waals surface area contributed by atoms with Crippen molar-refractivity contribution in [3.63, 3.8) is 0 Å². The molecule has 14 heavy (non-hydrogen) atoms. The molecule has 2 amide bonds. The van der Waals surface area contributed by atoms with Crippen molar-refractivity contribution in [3.05, 3.63) is 0 Å². The summed E-state index contributed by atoms with van der Waals surface area (Å²) in [5.74, 6) is -0.521. The molecule has 1 N–H and O–H groups in total. The zero-order valence-electron chi connectivity index (χ0n) is 7.51. The van der Waals surface area contributed by atoms with E-state index in [-0.39, 0.29) is 30.1 Å². The Labute approximate surface area is 85.4 Å². The minimum Gasteiger partial charge on any atom is -0.396 e. The molecule has 1 aliphatic rings. The summed E-state index contributed by atoms with van der Waals surface area (Å²) in [6.07, 6.45) is 0.968. The summed E-state index contributed by atoms with van der Waals surface area (Å²) in [6.45, 7) is -0.0263. The SMILES string of the molecule is O=CC(CO)CCN1C(=O)CSC1=O. The van der Waals surface area contributed by atoms with E-state index in [4.69, 9.17) is 5.11 Å². The Morgan fingerprint density at radius 2 is 2.29 bits per heavy atom. The Morgan fingerprint density at radius 1 is 1.57 bits per heavy atom. The molecule has 1 heterocycles. The lowest BCUT2D eigenvalue weighted by molar-refractivity contribution is -0.125. The minimum atomic E-state index is -0.485. The van der Waals surface area contributed by atoms with Gasteiger partial charge in [-0.2, -0.15) is 0 Å². The molecule has 1 saturated heterocycles. The lowest BCUT2D eigenvalue weighted by atomic mass is 10.1. The third-order valence-electron chi connectivity index (χ3n) is 1.99. The summed E-state index contributed by atoms with van der Waals surface area (Å²) < 4.78 is 0. The highest BCUT2D eigenvalue weighted by atomic mass is 32.2. The van der Waals surface area contributed by atoms with Crippen LogP contribution in [0.5, 0.6) is 0 Å². The van der Waals surface area contributed by atoms with E-state index in [0.29, 0.717) is 12.7 Å². The maximum absolute atomic E-state index is 11.1. The summed E-state index contributed by atoms with van der Waals surface area (Å²) in [4.78, 5) is 33.7. The number of thioether (sulfide) groups is 1. The molecule has 0 radical (unpaired) electrons. The quantitative estimate of drug-likeness (QED) is 0.650. The first-order chi connectivity index (χ1) is 6.69. The predicted molar refractivity (Wildman–Crippen MR) is 50.8 cm³/mol. The lowest BCUT2D eigenvalue weighted by Crippen LogP contribution is -2.31. The van der Waals surface area contributed by atoms with Gasteiger partial charge in [0.15, 0.2) is 0 Å². The summed E-state index contributed by atoms with van der Waals surface area (Å²) >= 11 is 0.967. The highest BCUT2D eigenvalue weighted by Crippen LogP contribution is 2.19. The Bertz CT molecular complexity index is 240. The normalized spacial score (nSPS) is 18.8. The van der Waals surface area contributed by atoms with Crippen molar-refractivity contribution in [2.24, 2.45) is 5.92 Å².